The van der Waals surface area contributed by atoms with Gasteiger partial charge < -0.3 is 9.84 Å². The lowest BCUT2D eigenvalue weighted by Gasteiger charge is -2.17. The maximum absolute atomic E-state index is 13.9. The van der Waals surface area contributed by atoms with Crippen molar-refractivity contribution in [2.45, 2.75) is 39.5 Å². The first kappa shape index (κ1) is 25.9. The molecule has 0 radical (unpaired) electrons. The van der Waals surface area contributed by atoms with Crippen molar-refractivity contribution in [3.8, 4) is 40.0 Å². The van der Waals surface area contributed by atoms with Crippen LogP contribution < -0.4 is 10.3 Å². The van der Waals surface area contributed by atoms with Gasteiger partial charge in [0.15, 0.2) is 0 Å². The van der Waals surface area contributed by atoms with Gasteiger partial charge in [-0.2, -0.15) is 4.98 Å². The average molecular weight is 523 g/mol. The van der Waals surface area contributed by atoms with Crippen LogP contribution in [-0.4, -0.2) is 31.9 Å². The number of hydrogen-bond acceptors (Lipinski definition) is 7. The first-order valence-corrected chi connectivity index (χ1v) is 13.0. The zero-order chi connectivity index (χ0) is 27.4. The van der Waals surface area contributed by atoms with Crippen LogP contribution in [0.4, 0.5) is 0 Å². The minimum Gasteiger partial charge on any atom is -0.497 e. The van der Waals surface area contributed by atoms with Crippen LogP contribution in [-0.2, 0) is 19.3 Å². The third-order valence-electron chi connectivity index (χ3n) is 6.69. The zero-order valence-corrected chi connectivity index (χ0v) is 22.2. The van der Waals surface area contributed by atoms with E-state index in [-0.39, 0.29) is 5.56 Å². The smallest absolute Gasteiger partial charge is 0.415 e. The van der Waals surface area contributed by atoms with Gasteiger partial charge in [0.05, 0.1) is 18.5 Å². The van der Waals surface area contributed by atoms with Crippen LogP contribution in [0.1, 0.15) is 42.9 Å². The number of aromatic nitrogens is 4. The molecule has 0 amide bonds. The van der Waals surface area contributed by atoms with Crippen LogP contribution >= 0.6 is 0 Å². The second-order valence-electron chi connectivity index (χ2n) is 9.22. The average Bonchev–Trinajstić information content (AvgIpc) is 3.41. The van der Waals surface area contributed by atoms with Crippen LogP contribution in [0.3, 0.4) is 0 Å². The Morgan fingerprint density at radius 2 is 1.64 bits per heavy atom. The Bertz CT molecular complexity index is 1640. The molecule has 1 N–H and O–H groups in total. The fourth-order valence-electron chi connectivity index (χ4n) is 4.77. The van der Waals surface area contributed by atoms with E-state index in [4.69, 9.17) is 14.2 Å². The summed E-state index contributed by atoms with van der Waals surface area (Å²) in [6.45, 7) is 4.12. The van der Waals surface area contributed by atoms with Crippen LogP contribution in [0.5, 0.6) is 11.8 Å². The summed E-state index contributed by atoms with van der Waals surface area (Å²) in [5.41, 5.74) is 5.93. The second-order valence-corrected chi connectivity index (χ2v) is 9.22. The van der Waals surface area contributed by atoms with Crippen molar-refractivity contribution in [2.75, 3.05) is 7.11 Å². The maximum atomic E-state index is 13.9. The molecule has 8 nitrogen and oxygen atoms in total. The number of aryl methyl sites for hydroxylation is 2. The Morgan fingerprint density at radius 1 is 0.923 bits per heavy atom. The minimum atomic E-state index is -0.471. The third-order valence-corrected chi connectivity index (χ3v) is 6.69. The highest BCUT2D eigenvalue weighted by Crippen LogP contribution is 2.31. The molecule has 0 bridgehead atoms. The molecule has 0 saturated heterocycles. The van der Waals surface area contributed by atoms with E-state index in [2.05, 4.69) is 17.1 Å². The van der Waals surface area contributed by atoms with E-state index in [0.29, 0.717) is 24.2 Å². The standard InChI is InChI=1S/C31H30N4O4/c1-4-8-27-26(30(36)35(28(5-2)32-27)22-15-17-23(38-3)18-16-22)19-20-11-13-21(14-12-20)24-9-6-7-10-25(24)29-33-31(37)39-34-29/h6-7,9-18H,4-5,8,19H2,1-3H3,(H,33,34,37). The van der Waals surface area contributed by atoms with E-state index in [1.165, 1.54) is 0 Å². The lowest BCUT2D eigenvalue weighted by molar-refractivity contribution is 0.267. The summed E-state index contributed by atoms with van der Waals surface area (Å²) >= 11 is 0. The molecule has 198 valence electrons. The molecule has 0 aliphatic rings. The number of benzene rings is 3. The third kappa shape index (κ3) is 5.31. The molecule has 0 unspecified atom stereocenters. The summed E-state index contributed by atoms with van der Waals surface area (Å²) in [5, 5.41) is 13.4. The van der Waals surface area contributed by atoms with Crippen LogP contribution in [0.2, 0.25) is 0 Å². The summed E-state index contributed by atoms with van der Waals surface area (Å²) in [5.74, 6) is 1.80. The van der Waals surface area contributed by atoms with Gasteiger partial charge in [-0.3, -0.25) is 13.9 Å². The number of methoxy groups -OCH3 is 1. The number of nitrogens with zero attached hydrogens (tertiary/aromatic N) is 4. The van der Waals surface area contributed by atoms with E-state index in [0.717, 1.165) is 58.1 Å². The molecule has 5 rings (SSSR count). The Labute approximate surface area is 226 Å². The largest absolute Gasteiger partial charge is 0.497 e. The van der Waals surface area contributed by atoms with E-state index in [1.807, 2.05) is 79.7 Å². The van der Waals surface area contributed by atoms with Gasteiger partial charge in [-0.25, -0.2) is 4.98 Å². The lowest BCUT2D eigenvalue weighted by Crippen LogP contribution is -2.29. The molecule has 8 heteroatoms. The van der Waals surface area contributed by atoms with Crippen molar-refractivity contribution in [3.63, 3.8) is 0 Å². The molecule has 0 spiro atoms. The summed E-state index contributed by atoms with van der Waals surface area (Å²) in [7, 11) is 1.62. The molecule has 2 heterocycles. The van der Waals surface area contributed by atoms with Gasteiger partial charge >= 0.3 is 6.08 Å². The second kappa shape index (κ2) is 11.3. The summed E-state index contributed by atoms with van der Waals surface area (Å²) in [4.78, 5) is 22.9. The van der Waals surface area contributed by atoms with Gasteiger partial charge in [0.2, 0.25) is 5.82 Å². The molecule has 0 aliphatic carbocycles. The SMILES string of the molecule is CCCc1nc(CC)n(-c2ccc(OC)cc2)c(=O)c1Cc1ccc(-c2ccccc2-c2noc(O)n2)cc1. The lowest BCUT2D eigenvalue weighted by atomic mass is 9.96. The minimum absolute atomic E-state index is 0.0400. The summed E-state index contributed by atoms with van der Waals surface area (Å²) < 4.78 is 11.8. The molecule has 2 aromatic heterocycles. The number of aromatic hydroxyl groups is 1. The van der Waals surface area contributed by atoms with Crippen molar-refractivity contribution >= 4 is 0 Å². The number of rotatable bonds is 9. The predicted molar refractivity (Wildman–Crippen MR) is 149 cm³/mol. The molecule has 39 heavy (non-hydrogen) atoms. The van der Waals surface area contributed by atoms with Crippen molar-refractivity contribution in [3.05, 3.63) is 106 Å². The Hall–Kier alpha value is -4.72. The molecular formula is C31H30N4O4. The first-order valence-electron chi connectivity index (χ1n) is 13.0. The highest BCUT2D eigenvalue weighted by atomic mass is 16.6. The van der Waals surface area contributed by atoms with E-state index in [1.54, 1.807) is 11.7 Å². The number of hydrogen-bond donors (Lipinski definition) is 1. The monoisotopic (exact) mass is 522 g/mol. The molecule has 3 aromatic carbocycles. The van der Waals surface area contributed by atoms with Gasteiger partial charge in [-0.15, -0.1) is 0 Å². The van der Waals surface area contributed by atoms with Crippen molar-refractivity contribution in [2.24, 2.45) is 0 Å². The Balaban J connectivity index is 1.52. The highest BCUT2D eigenvalue weighted by molar-refractivity contribution is 5.80. The van der Waals surface area contributed by atoms with Crippen LogP contribution in [0, 0.1) is 0 Å². The van der Waals surface area contributed by atoms with Crippen LogP contribution in [0.25, 0.3) is 28.2 Å². The fourth-order valence-corrected chi connectivity index (χ4v) is 4.77. The predicted octanol–water partition coefficient (Wildman–Crippen LogP) is 5.77. The van der Waals surface area contributed by atoms with E-state index in [9.17, 15) is 9.90 Å². The molecule has 0 atom stereocenters. The summed E-state index contributed by atoms with van der Waals surface area (Å²) in [6.07, 6.45) is 2.29. The Morgan fingerprint density at radius 3 is 2.26 bits per heavy atom. The van der Waals surface area contributed by atoms with Gasteiger partial charge in [0.1, 0.15) is 11.6 Å². The zero-order valence-electron chi connectivity index (χ0n) is 22.2. The van der Waals surface area contributed by atoms with Crippen molar-refractivity contribution in [1.82, 2.24) is 19.7 Å². The van der Waals surface area contributed by atoms with Gasteiger partial charge in [0.25, 0.3) is 5.56 Å². The van der Waals surface area contributed by atoms with Gasteiger partial charge in [-0.1, -0.05) is 74.0 Å². The van der Waals surface area contributed by atoms with Gasteiger partial charge in [0, 0.05) is 24.0 Å². The number of ether oxygens (including phenoxy) is 1. The molecule has 0 saturated carbocycles. The van der Waals surface area contributed by atoms with Crippen molar-refractivity contribution < 1.29 is 14.4 Å². The fraction of sp³-hybridized carbons (Fsp3) is 0.226. The first-order chi connectivity index (χ1) is 19.0. The summed E-state index contributed by atoms with van der Waals surface area (Å²) in [6, 6.07) is 23.3. The molecule has 0 aliphatic heterocycles. The molecule has 0 fully saturated rings. The van der Waals surface area contributed by atoms with E-state index < -0.39 is 6.08 Å². The van der Waals surface area contributed by atoms with Crippen LogP contribution in [0.15, 0.2) is 82.1 Å². The highest BCUT2D eigenvalue weighted by Gasteiger charge is 2.18. The quantitative estimate of drug-likeness (QED) is 0.262. The Kier molecular flexibility index (Phi) is 7.54. The normalized spacial score (nSPS) is 11.1. The molecular weight excluding hydrogens is 492 g/mol. The topological polar surface area (TPSA) is 103 Å². The maximum Gasteiger partial charge on any atom is 0.415 e. The van der Waals surface area contributed by atoms with Crippen molar-refractivity contribution in [1.29, 1.82) is 0 Å². The van der Waals surface area contributed by atoms with Gasteiger partial charge in [-0.05, 0) is 47.4 Å². The molecule has 5 aromatic rings. The van der Waals surface area contributed by atoms with E-state index >= 15 is 0 Å².